The number of halogens is 1. The van der Waals surface area contributed by atoms with Gasteiger partial charge in [0, 0.05) is 42.3 Å². The highest BCUT2D eigenvalue weighted by molar-refractivity contribution is 14.1. The van der Waals surface area contributed by atoms with E-state index in [2.05, 4.69) is 45.8 Å². The first-order valence-electron chi connectivity index (χ1n) is 7.66. The van der Waals surface area contributed by atoms with Gasteiger partial charge in [-0.25, -0.2) is 0 Å². The average molecular weight is 399 g/mol. The molecule has 114 valence electrons. The summed E-state index contributed by atoms with van der Waals surface area (Å²) in [5.74, 6) is 0.187. The summed E-state index contributed by atoms with van der Waals surface area (Å²) in [5.41, 5.74) is 2.03. The second-order valence-electron chi connectivity index (χ2n) is 5.91. The smallest absolute Gasteiger partial charge is 0.255 e. The van der Waals surface area contributed by atoms with Gasteiger partial charge in [0.05, 0.1) is 5.56 Å². The van der Waals surface area contributed by atoms with E-state index in [1.54, 1.807) is 0 Å². The summed E-state index contributed by atoms with van der Waals surface area (Å²) in [7, 11) is 0. The van der Waals surface area contributed by atoms with Crippen LogP contribution in [0.2, 0.25) is 0 Å². The number of piperazine rings is 1. The molecule has 2 aliphatic heterocycles. The van der Waals surface area contributed by atoms with Crippen molar-refractivity contribution in [3.05, 3.63) is 32.9 Å². The van der Waals surface area contributed by atoms with E-state index in [1.165, 1.54) is 12.0 Å². The fourth-order valence-corrected chi connectivity index (χ4v) is 3.81. The topological polar surface area (TPSA) is 35.6 Å². The molecule has 1 atom stereocenters. The summed E-state index contributed by atoms with van der Waals surface area (Å²) < 4.78 is 1.09. The van der Waals surface area contributed by atoms with Gasteiger partial charge in [0.15, 0.2) is 0 Å². The Morgan fingerprint density at radius 3 is 2.71 bits per heavy atom. The monoisotopic (exact) mass is 399 g/mol. The largest absolute Gasteiger partial charge is 0.336 e. The third kappa shape index (κ3) is 3.24. The molecule has 2 aliphatic rings. The molecule has 2 saturated heterocycles. The Labute approximate surface area is 140 Å². The molecule has 0 radical (unpaired) electrons. The molecule has 1 unspecified atom stereocenters. The van der Waals surface area contributed by atoms with Gasteiger partial charge in [-0.2, -0.15) is 0 Å². The summed E-state index contributed by atoms with van der Waals surface area (Å²) in [5, 5.41) is 3.42. The molecule has 21 heavy (non-hydrogen) atoms. The zero-order valence-electron chi connectivity index (χ0n) is 12.4. The van der Waals surface area contributed by atoms with Crippen molar-refractivity contribution in [2.45, 2.75) is 19.4 Å². The second-order valence-corrected chi connectivity index (χ2v) is 6.99. The number of nitrogens with zero attached hydrogens (tertiary/aromatic N) is 2. The van der Waals surface area contributed by atoms with Gasteiger partial charge in [-0.05, 0) is 54.1 Å². The van der Waals surface area contributed by atoms with Crippen LogP contribution >= 0.6 is 22.6 Å². The normalized spacial score (nSPS) is 23.5. The highest BCUT2D eigenvalue weighted by atomic mass is 127. The van der Waals surface area contributed by atoms with Crippen LogP contribution in [0.3, 0.4) is 0 Å². The van der Waals surface area contributed by atoms with Crippen molar-refractivity contribution in [2.24, 2.45) is 0 Å². The van der Waals surface area contributed by atoms with E-state index < -0.39 is 0 Å². The van der Waals surface area contributed by atoms with Gasteiger partial charge in [-0.3, -0.25) is 9.69 Å². The number of hydrogen-bond acceptors (Lipinski definition) is 3. The van der Waals surface area contributed by atoms with Crippen molar-refractivity contribution < 1.29 is 4.79 Å². The van der Waals surface area contributed by atoms with E-state index in [9.17, 15) is 4.79 Å². The third-order valence-corrected chi connectivity index (χ3v) is 6.01. The number of carbonyl (C=O) groups excluding carboxylic acids is 1. The molecule has 4 nitrogen and oxygen atoms in total. The van der Waals surface area contributed by atoms with E-state index in [1.807, 2.05) is 17.0 Å². The highest BCUT2D eigenvalue weighted by Crippen LogP contribution is 2.20. The van der Waals surface area contributed by atoms with Gasteiger partial charge < -0.3 is 10.2 Å². The van der Waals surface area contributed by atoms with E-state index in [0.717, 1.165) is 48.4 Å². The molecule has 2 fully saturated rings. The number of rotatable bonds is 2. The second kappa shape index (κ2) is 6.62. The summed E-state index contributed by atoms with van der Waals surface area (Å²) in [4.78, 5) is 17.2. The number of hydrogen-bond donors (Lipinski definition) is 1. The molecule has 0 bridgehead atoms. The van der Waals surface area contributed by atoms with Crippen molar-refractivity contribution >= 4 is 28.5 Å². The maximum absolute atomic E-state index is 12.7. The van der Waals surface area contributed by atoms with Crippen molar-refractivity contribution in [2.75, 3.05) is 39.3 Å². The molecule has 0 aromatic heterocycles. The summed E-state index contributed by atoms with van der Waals surface area (Å²) in [6.07, 6.45) is 1.24. The SMILES string of the molecule is Cc1cccc(C(=O)N2CCN(C3CCNC3)CC2)c1I. The first-order chi connectivity index (χ1) is 10.2. The lowest BCUT2D eigenvalue weighted by Crippen LogP contribution is -2.52. The van der Waals surface area contributed by atoms with Crippen molar-refractivity contribution in [3.63, 3.8) is 0 Å². The van der Waals surface area contributed by atoms with Crippen LogP contribution in [0.5, 0.6) is 0 Å². The Morgan fingerprint density at radius 2 is 2.05 bits per heavy atom. The zero-order valence-corrected chi connectivity index (χ0v) is 14.6. The Morgan fingerprint density at radius 1 is 1.29 bits per heavy atom. The lowest BCUT2D eigenvalue weighted by molar-refractivity contribution is 0.0582. The van der Waals surface area contributed by atoms with Crippen molar-refractivity contribution in [3.8, 4) is 0 Å². The Balaban J connectivity index is 1.63. The zero-order chi connectivity index (χ0) is 14.8. The molecule has 1 aromatic carbocycles. The maximum Gasteiger partial charge on any atom is 0.255 e. The fraction of sp³-hybridized carbons (Fsp3) is 0.562. The van der Waals surface area contributed by atoms with E-state index >= 15 is 0 Å². The minimum Gasteiger partial charge on any atom is -0.336 e. The highest BCUT2D eigenvalue weighted by Gasteiger charge is 2.28. The quantitative estimate of drug-likeness (QED) is 0.770. The number of benzene rings is 1. The standard InChI is InChI=1S/C16H22IN3O/c1-12-3-2-4-14(15(12)17)16(21)20-9-7-19(8-10-20)13-5-6-18-11-13/h2-4,13,18H,5-11H2,1H3. The van der Waals surface area contributed by atoms with Gasteiger partial charge in [-0.1, -0.05) is 12.1 Å². The van der Waals surface area contributed by atoms with Gasteiger partial charge in [0.25, 0.3) is 5.91 Å². The van der Waals surface area contributed by atoms with E-state index in [0.29, 0.717) is 6.04 Å². The minimum absolute atomic E-state index is 0.187. The molecule has 1 amide bonds. The predicted molar refractivity (Wildman–Crippen MR) is 92.6 cm³/mol. The van der Waals surface area contributed by atoms with Crippen LogP contribution in [0.15, 0.2) is 18.2 Å². The molecule has 1 N–H and O–H groups in total. The van der Waals surface area contributed by atoms with Crippen LogP contribution in [0, 0.1) is 10.5 Å². The summed E-state index contributed by atoms with van der Waals surface area (Å²) in [6, 6.07) is 6.65. The van der Waals surface area contributed by atoms with Gasteiger partial charge >= 0.3 is 0 Å². The number of amides is 1. The van der Waals surface area contributed by atoms with Crippen LogP contribution < -0.4 is 5.32 Å². The van der Waals surface area contributed by atoms with Crippen LogP contribution in [-0.4, -0.2) is 61.0 Å². The van der Waals surface area contributed by atoms with Crippen LogP contribution in [0.4, 0.5) is 0 Å². The number of nitrogens with one attached hydrogen (secondary N) is 1. The number of aryl methyl sites for hydroxylation is 1. The van der Waals surface area contributed by atoms with Crippen molar-refractivity contribution in [1.29, 1.82) is 0 Å². The van der Waals surface area contributed by atoms with Crippen LogP contribution in [0.25, 0.3) is 0 Å². The Kier molecular flexibility index (Phi) is 4.81. The first-order valence-corrected chi connectivity index (χ1v) is 8.74. The molecular weight excluding hydrogens is 377 g/mol. The van der Waals surface area contributed by atoms with Gasteiger partial charge in [0.2, 0.25) is 0 Å². The molecule has 1 aromatic rings. The molecule has 0 saturated carbocycles. The van der Waals surface area contributed by atoms with Crippen molar-refractivity contribution in [1.82, 2.24) is 15.1 Å². The Bertz CT molecular complexity index is 520. The van der Waals surface area contributed by atoms with Crippen LogP contribution in [-0.2, 0) is 0 Å². The fourth-order valence-electron chi connectivity index (χ4n) is 3.22. The molecular formula is C16H22IN3O. The molecule has 3 rings (SSSR count). The Hall–Kier alpha value is -0.660. The third-order valence-electron chi connectivity index (χ3n) is 4.57. The maximum atomic E-state index is 12.7. The molecule has 0 aliphatic carbocycles. The van der Waals surface area contributed by atoms with E-state index in [4.69, 9.17) is 0 Å². The summed E-state index contributed by atoms with van der Waals surface area (Å²) in [6.45, 7) is 7.98. The van der Waals surface area contributed by atoms with Gasteiger partial charge in [0.1, 0.15) is 0 Å². The minimum atomic E-state index is 0.187. The van der Waals surface area contributed by atoms with Gasteiger partial charge in [-0.15, -0.1) is 0 Å². The predicted octanol–water partition coefficient (Wildman–Crippen LogP) is 1.72. The number of carbonyl (C=O) groups is 1. The molecule has 5 heteroatoms. The molecule has 0 spiro atoms. The van der Waals surface area contributed by atoms with Crippen LogP contribution in [0.1, 0.15) is 22.3 Å². The average Bonchev–Trinajstić information content (AvgIpc) is 3.04. The lowest BCUT2D eigenvalue weighted by Gasteiger charge is -2.38. The molecule has 2 heterocycles. The summed E-state index contributed by atoms with van der Waals surface area (Å²) >= 11 is 2.29. The lowest BCUT2D eigenvalue weighted by atomic mass is 10.1. The van der Waals surface area contributed by atoms with E-state index in [-0.39, 0.29) is 5.91 Å². The first kappa shape index (κ1) is 15.2.